The molecule has 0 spiro atoms. The van der Waals surface area contributed by atoms with E-state index in [1.807, 2.05) is 19.9 Å². The van der Waals surface area contributed by atoms with Crippen LogP contribution in [0.3, 0.4) is 0 Å². The van der Waals surface area contributed by atoms with Crippen LogP contribution in [0.25, 0.3) is 0 Å². The quantitative estimate of drug-likeness (QED) is 0.750. The number of methoxy groups -OCH3 is 1. The van der Waals surface area contributed by atoms with Crippen molar-refractivity contribution in [2.24, 2.45) is 0 Å². The third-order valence-electron chi connectivity index (χ3n) is 1.89. The van der Waals surface area contributed by atoms with Gasteiger partial charge in [-0.25, -0.2) is 0 Å². The SMILES string of the molecule is CCNc1cc(O)c(C)cc1OC. The average Bonchev–Trinajstić information content (AvgIpc) is 2.11. The normalized spacial score (nSPS) is 9.77. The van der Waals surface area contributed by atoms with Gasteiger partial charge in [0.25, 0.3) is 0 Å². The second kappa shape index (κ2) is 4.03. The van der Waals surface area contributed by atoms with Gasteiger partial charge in [0.15, 0.2) is 0 Å². The number of hydrogen-bond acceptors (Lipinski definition) is 3. The highest BCUT2D eigenvalue weighted by Gasteiger charge is 2.05. The zero-order valence-corrected chi connectivity index (χ0v) is 8.22. The Balaban J connectivity index is 3.09. The van der Waals surface area contributed by atoms with E-state index in [1.165, 1.54) is 0 Å². The van der Waals surface area contributed by atoms with E-state index < -0.39 is 0 Å². The molecule has 0 aliphatic rings. The van der Waals surface area contributed by atoms with Crippen molar-refractivity contribution >= 4 is 5.69 Å². The average molecular weight is 181 g/mol. The number of rotatable bonds is 3. The first kappa shape index (κ1) is 9.71. The van der Waals surface area contributed by atoms with Gasteiger partial charge in [-0.2, -0.15) is 0 Å². The molecule has 0 atom stereocenters. The van der Waals surface area contributed by atoms with E-state index in [9.17, 15) is 5.11 Å². The summed E-state index contributed by atoms with van der Waals surface area (Å²) in [6, 6.07) is 3.49. The first-order valence-corrected chi connectivity index (χ1v) is 4.30. The number of hydrogen-bond donors (Lipinski definition) is 2. The summed E-state index contributed by atoms with van der Waals surface area (Å²) in [7, 11) is 1.62. The van der Waals surface area contributed by atoms with Crippen LogP contribution in [0.2, 0.25) is 0 Å². The molecule has 0 aliphatic carbocycles. The zero-order chi connectivity index (χ0) is 9.84. The van der Waals surface area contributed by atoms with Crippen LogP contribution in [0.15, 0.2) is 12.1 Å². The Labute approximate surface area is 78.3 Å². The first-order valence-electron chi connectivity index (χ1n) is 4.30. The molecule has 0 aromatic heterocycles. The topological polar surface area (TPSA) is 41.5 Å². The molecule has 0 fully saturated rings. The Morgan fingerprint density at radius 2 is 2.15 bits per heavy atom. The Hall–Kier alpha value is -1.38. The lowest BCUT2D eigenvalue weighted by molar-refractivity contribution is 0.413. The summed E-state index contributed by atoms with van der Waals surface area (Å²) in [6.07, 6.45) is 0. The molecule has 1 aromatic rings. The van der Waals surface area contributed by atoms with Crippen molar-refractivity contribution in [2.45, 2.75) is 13.8 Å². The summed E-state index contributed by atoms with van der Waals surface area (Å²) >= 11 is 0. The third-order valence-corrected chi connectivity index (χ3v) is 1.89. The fraction of sp³-hybridized carbons (Fsp3) is 0.400. The number of benzene rings is 1. The van der Waals surface area contributed by atoms with E-state index in [-0.39, 0.29) is 5.75 Å². The Morgan fingerprint density at radius 1 is 1.46 bits per heavy atom. The molecule has 0 aliphatic heterocycles. The van der Waals surface area contributed by atoms with Gasteiger partial charge in [-0.05, 0) is 25.5 Å². The van der Waals surface area contributed by atoms with E-state index in [1.54, 1.807) is 13.2 Å². The van der Waals surface area contributed by atoms with Gasteiger partial charge in [-0.3, -0.25) is 0 Å². The minimum absolute atomic E-state index is 0.289. The minimum atomic E-state index is 0.289. The molecular formula is C10H15NO2. The Morgan fingerprint density at radius 3 is 2.69 bits per heavy atom. The minimum Gasteiger partial charge on any atom is -0.508 e. The van der Waals surface area contributed by atoms with Gasteiger partial charge >= 0.3 is 0 Å². The molecule has 1 aromatic carbocycles. The molecule has 1 rings (SSSR count). The molecule has 72 valence electrons. The van der Waals surface area contributed by atoms with Gasteiger partial charge in [0.1, 0.15) is 11.5 Å². The molecule has 0 saturated carbocycles. The summed E-state index contributed by atoms with van der Waals surface area (Å²) < 4.78 is 5.16. The predicted octanol–water partition coefficient (Wildman–Crippen LogP) is 2.14. The van der Waals surface area contributed by atoms with Crippen molar-refractivity contribution < 1.29 is 9.84 Å². The van der Waals surface area contributed by atoms with Gasteiger partial charge < -0.3 is 15.2 Å². The summed E-state index contributed by atoms with van der Waals surface area (Å²) in [5, 5.41) is 12.6. The maximum atomic E-state index is 9.45. The number of aryl methyl sites for hydroxylation is 1. The van der Waals surface area contributed by atoms with E-state index in [0.29, 0.717) is 0 Å². The molecule has 0 amide bonds. The number of phenols is 1. The highest BCUT2D eigenvalue weighted by Crippen LogP contribution is 2.31. The summed E-state index contributed by atoms with van der Waals surface area (Å²) in [4.78, 5) is 0. The smallest absolute Gasteiger partial charge is 0.142 e. The maximum Gasteiger partial charge on any atom is 0.142 e. The van der Waals surface area contributed by atoms with Crippen LogP contribution in [-0.2, 0) is 0 Å². The third kappa shape index (κ3) is 2.05. The number of phenolic OH excluding ortho intramolecular Hbond substituents is 1. The molecular weight excluding hydrogens is 166 g/mol. The van der Waals surface area contributed by atoms with Crippen LogP contribution >= 0.6 is 0 Å². The van der Waals surface area contributed by atoms with E-state index in [0.717, 1.165) is 23.5 Å². The molecule has 13 heavy (non-hydrogen) atoms. The van der Waals surface area contributed by atoms with Crippen LogP contribution in [0.4, 0.5) is 5.69 Å². The Kier molecular flexibility index (Phi) is 3.01. The highest BCUT2D eigenvalue weighted by atomic mass is 16.5. The molecule has 0 heterocycles. The highest BCUT2D eigenvalue weighted by molar-refractivity contribution is 5.61. The molecule has 3 nitrogen and oxygen atoms in total. The second-order valence-electron chi connectivity index (χ2n) is 2.87. The number of ether oxygens (including phenoxy) is 1. The lowest BCUT2D eigenvalue weighted by atomic mass is 10.2. The number of aromatic hydroxyl groups is 1. The molecule has 0 bridgehead atoms. The van der Waals surface area contributed by atoms with Crippen LogP contribution in [-0.4, -0.2) is 18.8 Å². The number of anilines is 1. The fourth-order valence-electron chi connectivity index (χ4n) is 1.17. The standard InChI is InChI=1S/C10H15NO2/c1-4-11-8-6-9(12)7(2)5-10(8)13-3/h5-6,11-12H,4H2,1-3H3. The van der Waals surface area contributed by atoms with Crippen molar-refractivity contribution in [3.8, 4) is 11.5 Å². The monoisotopic (exact) mass is 181 g/mol. The molecule has 0 radical (unpaired) electrons. The van der Waals surface area contributed by atoms with Crippen LogP contribution in [0.1, 0.15) is 12.5 Å². The molecule has 0 unspecified atom stereocenters. The van der Waals surface area contributed by atoms with E-state index >= 15 is 0 Å². The van der Waals surface area contributed by atoms with Crippen molar-refractivity contribution in [1.82, 2.24) is 0 Å². The maximum absolute atomic E-state index is 9.45. The van der Waals surface area contributed by atoms with Gasteiger partial charge in [0, 0.05) is 12.6 Å². The van der Waals surface area contributed by atoms with Gasteiger partial charge in [0.05, 0.1) is 12.8 Å². The lowest BCUT2D eigenvalue weighted by Gasteiger charge is -2.11. The molecule has 0 saturated heterocycles. The van der Waals surface area contributed by atoms with E-state index in [4.69, 9.17) is 4.74 Å². The second-order valence-corrected chi connectivity index (χ2v) is 2.87. The summed E-state index contributed by atoms with van der Waals surface area (Å²) in [6.45, 7) is 4.64. The lowest BCUT2D eigenvalue weighted by Crippen LogP contribution is -1.99. The summed E-state index contributed by atoms with van der Waals surface area (Å²) in [5.41, 5.74) is 1.65. The van der Waals surface area contributed by atoms with Crippen LogP contribution < -0.4 is 10.1 Å². The van der Waals surface area contributed by atoms with Crippen molar-refractivity contribution in [3.05, 3.63) is 17.7 Å². The van der Waals surface area contributed by atoms with Gasteiger partial charge in [-0.15, -0.1) is 0 Å². The van der Waals surface area contributed by atoms with Crippen molar-refractivity contribution in [3.63, 3.8) is 0 Å². The van der Waals surface area contributed by atoms with E-state index in [2.05, 4.69) is 5.32 Å². The van der Waals surface area contributed by atoms with Crippen LogP contribution in [0, 0.1) is 6.92 Å². The molecule has 3 heteroatoms. The van der Waals surface area contributed by atoms with Gasteiger partial charge in [0.2, 0.25) is 0 Å². The summed E-state index contributed by atoms with van der Waals surface area (Å²) in [5.74, 6) is 1.05. The fourth-order valence-corrected chi connectivity index (χ4v) is 1.17. The first-order chi connectivity index (χ1) is 6.19. The van der Waals surface area contributed by atoms with Crippen molar-refractivity contribution in [1.29, 1.82) is 0 Å². The van der Waals surface area contributed by atoms with Crippen LogP contribution in [0.5, 0.6) is 11.5 Å². The largest absolute Gasteiger partial charge is 0.508 e. The predicted molar refractivity (Wildman–Crippen MR) is 53.6 cm³/mol. The zero-order valence-electron chi connectivity index (χ0n) is 8.22. The number of nitrogens with one attached hydrogen (secondary N) is 1. The molecule has 2 N–H and O–H groups in total. The van der Waals surface area contributed by atoms with Crippen molar-refractivity contribution in [2.75, 3.05) is 19.0 Å². The Bertz CT molecular complexity index is 297. The van der Waals surface area contributed by atoms with Gasteiger partial charge in [-0.1, -0.05) is 0 Å².